The fraction of sp³-hybridized carbons (Fsp3) is 0.269. The van der Waals surface area contributed by atoms with Gasteiger partial charge in [-0.25, -0.2) is 8.42 Å². The molecule has 3 rings (SSSR count). The van der Waals surface area contributed by atoms with Gasteiger partial charge in [0.2, 0.25) is 5.91 Å². The maximum Gasteiger partial charge on any atom is 0.416 e. The fourth-order valence-electron chi connectivity index (χ4n) is 3.81. The van der Waals surface area contributed by atoms with E-state index in [0.29, 0.717) is 22.5 Å². The fourth-order valence-corrected chi connectivity index (χ4v) is 5.53. The minimum atomic E-state index is -4.75. The molecule has 0 aliphatic rings. The van der Waals surface area contributed by atoms with Gasteiger partial charge in [0.25, 0.3) is 10.0 Å². The summed E-state index contributed by atoms with van der Waals surface area (Å²) < 4.78 is 73.2. The van der Waals surface area contributed by atoms with Gasteiger partial charge in [-0.05, 0) is 60.9 Å². The van der Waals surface area contributed by atoms with Gasteiger partial charge in [0.15, 0.2) is 0 Å². The number of aryl methyl sites for hydroxylation is 1. The maximum atomic E-state index is 13.5. The zero-order valence-corrected chi connectivity index (χ0v) is 21.9. The molecule has 3 aromatic rings. The number of hydrogen-bond donors (Lipinski definition) is 1. The van der Waals surface area contributed by atoms with Crippen molar-refractivity contribution < 1.29 is 31.1 Å². The summed E-state index contributed by atoms with van der Waals surface area (Å²) in [7, 11) is -2.91. The smallest absolute Gasteiger partial charge is 0.416 e. The van der Waals surface area contributed by atoms with Gasteiger partial charge in [-0.3, -0.25) is 9.10 Å². The molecule has 0 saturated carbocycles. The predicted molar refractivity (Wildman–Crippen MR) is 136 cm³/mol. The zero-order chi connectivity index (χ0) is 27.4. The van der Waals surface area contributed by atoms with Crippen LogP contribution in [0, 0.1) is 6.92 Å². The summed E-state index contributed by atoms with van der Waals surface area (Å²) in [5.41, 5.74) is 0.0602. The van der Waals surface area contributed by atoms with Crippen LogP contribution in [-0.4, -0.2) is 28.0 Å². The van der Waals surface area contributed by atoms with Crippen LogP contribution in [-0.2, 0) is 21.0 Å². The van der Waals surface area contributed by atoms with Crippen molar-refractivity contribution in [2.45, 2.75) is 37.4 Å². The lowest BCUT2D eigenvalue weighted by molar-refractivity contribution is -0.137. The van der Waals surface area contributed by atoms with Crippen LogP contribution in [0.5, 0.6) is 5.75 Å². The van der Waals surface area contributed by atoms with Crippen LogP contribution >= 0.6 is 11.6 Å². The largest absolute Gasteiger partial charge is 0.496 e. The van der Waals surface area contributed by atoms with Crippen molar-refractivity contribution in [3.63, 3.8) is 0 Å². The number of alkyl halides is 3. The van der Waals surface area contributed by atoms with E-state index in [1.807, 2.05) is 19.9 Å². The molecule has 37 heavy (non-hydrogen) atoms. The number of carbonyl (C=O) groups is 1. The minimum Gasteiger partial charge on any atom is -0.496 e. The normalized spacial score (nSPS) is 12.6. The molecule has 1 amide bonds. The molecule has 1 N–H and O–H groups in total. The first kappa shape index (κ1) is 28.3. The van der Waals surface area contributed by atoms with Gasteiger partial charge < -0.3 is 10.1 Å². The Morgan fingerprint density at radius 3 is 2.32 bits per heavy atom. The monoisotopic (exact) mass is 554 g/mol. The van der Waals surface area contributed by atoms with Gasteiger partial charge in [-0.1, -0.05) is 48.9 Å². The Kier molecular flexibility index (Phi) is 8.76. The predicted octanol–water partition coefficient (Wildman–Crippen LogP) is 6.14. The first-order valence-corrected chi connectivity index (χ1v) is 13.1. The summed E-state index contributed by atoms with van der Waals surface area (Å²) in [4.78, 5) is 12.9. The molecule has 0 aliphatic heterocycles. The number of rotatable bonds is 9. The minimum absolute atomic E-state index is 0.200. The van der Waals surface area contributed by atoms with Crippen molar-refractivity contribution in [3.8, 4) is 5.75 Å². The van der Waals surface area contributed by atoms with E-state index in [1.165, 1.54) is 24.3 Å². The molecule has 11 heteroatoms. The van der Waals surface area contributed by atoms with Crippen LogP contribution in [0.3, 0.4) is 0 Å². The van der Waals surface area contributed by atoms with E-state index >= 15 is 0 Å². The second-order valence-electron chi connectivity index (χ2n) is 8.25. The molecule has 0 saturated heterocycles. The second kappa shape index (κ2) is 11.4. The van der Waals surface area contributed by atoms with E-state index < -0.39 is 45.9 Å². The molecule has 0 aliphatic carbocycles. The third kappa shape index (κ3) is 6.56. The topological polar surface area (TPSA) is 75.7 Å². The number of hydrogen-bond acceptors (Lipinski definition) is 4. The highest BCUT2D eigenvalue weighted by atomic mass is 35.5. The number of anilines is 1. The average Bonchev–Trinajstić information content (AvgIpc) is 2.86. The summed E-state index contributed by atoms with van der Waals surface area (Å²) in [5, 5.41) is 2.53. The molecule has 0 bridgehead atoms. The molecule has 0 spiro atoms. The highest BCUT2D eigenvalue weighted by molar-refractivity contribution is 7.92. The Labute approximate surface area is 219 Å². The van der Waals surface area contributed by atoms with Gasteiger partial charge in [0.1, 0.15) is 12.3 Å². The number of methoxy groups -OCH3 is 1. The Bertz CT molecular complexity index is 1370. The molecule has 0 heterocycles. The quantitative estimate of drug-likeness (QED) is 0.345. The number of nitrogens with zero attached hydrogens (tertiary/aromatic N) is 1. The lowest BCUT2D eigenvalue weighted by Crippen LogP contribution is -2.42. The standard InChI is InChI=1S/C26H26ClF3N2O4S/c1-4-22(18-10-13-24(36-3)17(2)14-18)31-25(33)16-32(37(34,35)20-8-6-5-7-9-20)23-15-19(26(28,29)30)11-12-21(23)27/h5-15,22H,4,16H2,1-3H3,(H,31,33). The maximum absolute atomic E-state index is 13.5. The van der Waals surface area contributed by atoms with E-state index in [-0.39, 0.29) is 9.92 Å². The lowest BCUT2D eigenvalue weighted by atomic mass is 10.0. The first-order valence-electron chi connectivity index (χ1n) is 11.3. The molecule has 0 fully saturated rings. The van der Waals surface area contributed by atoms with Gasteiger partial charge in [-0.2, -0.15) is 13.2 Å². The summed E-state index contributed by atoms with van der Waals surface area (Å²) in [6, 6.07) is 14.3. The number of nitrogens with one attached hydrogen (secondary N) is 1. The van der Waals surface area contributed by atoms with E-state index in [2.05, 4.69) is 5.32 Å². The number of halogens is 4. The molecule has 3 aromatic carbocycles. The Morgan fingerprint density at radius 2 is 1.76 bits per heavy atom. The number of sulfonamides is 1. The van der Waals surface area contributed by atoms with Crippen LogP contribution in [0.25, 0.3) is 0 Å². The zero-order valence-electron chi connectivity index (χ0n) is 20.3. The van der Waals surface area contributed by atoms with Gasteiger partial charge >= 0.3 is 6.18 Å². The molecule has 0 radical (unpaired) electrons. The van der Waals surface area contributed by atoms with Gasteiger partial charge in [0, 0.05) is 0 Å². The molecule has 198 valence electrons. The van der Waals surface area contributed by atoms with Crippen LogP contribution in [0.15, 0.2) is 71.6 Å². The average molecular weight is 555 g/mol. The van der Waals surface area contributed by atoms with Crippen molar-refractivity contribution in [1.29, 1.82) is 0 Å². The number of benzene rings is 3. The Balaban J connectivity index is 2.00. The van der Waals surface area contributed by atoms with Gasteiger partial charge in [-0.15, -0.1) is 0 Å². The van der Waals surface area contributed by atoms with Crippen molar-refractivity contribution in [1.82, 2.24) is 5.32 Å². The molecule has 1 unspecified atom stereocenters. The van der Waals surface area contributed by atoms with E-state index in [4.69, 9.17) is 16.3 Å². The van der Waals surface area contributed by atoms with Crippen LogP contribution in [0.4, 0.5) is 18.9 Å². The highest BCUT2D eigenvalue weighted by Crippen LogP contribution is 2.37. The van der Waals surface area contributed by atoms with Crippen molar-refractivity contribution in [2.75, 3.05) is 18.0 Å². The van der Waals surface area contributed by atoms with E-state index in [1.54, 1.807) is 25.3 Å². The Hall–Kier alpha value is -3.24. The summed E-state index contributed by atoms with van der Waals surface area (Å²) in [6.45, 7) is 2.90. The van der Waals surface area contributed by atoms with Gasteiger partial charge in [0.05, 0.1) is 34.3 Å². The van der Waals surface area contributed by atoms with Crippen molar-refractivity contribution >= 4 is 33.2 Å². The van der Waals surface area contributed by atoms with E-state index in [9.17, 15) is 26.4 Å². The van der Waals surface area contributed by atoms with Crippen molar-refractivity contribution in [3.05, 3.63) is 88.4 Å². The van der Waals surface area contributed by atoms with Crippen LogP contribution in [0.2, 0.25) is 5.02 Å². The molecular weight excluding hydrogens is 529 g/mol. The number of amides is 1. The first-order chi connectivity index (χ1) is 17.4. The van der Waals surface area contributed by atoms with E-state index in [0.717, 1.165) is 23.3 Å². The number of carbonyl (C=O) groups excluding carboxylic acids is 1. The van der Waals surface area contributed by atoms with Crippen LogP contribution < -0.4 is 14.4 Å². The van der Waals surface area contributed by atoms with Crippen molar-refractivity contribution in [2.24, 2.45) is 0 Å². The molecular formula is C26H26ClF3N2O4S. The second-order valence-corrected chi connectivity index (χ2v) is 10.5. The third-order valence-electron chi connectivity index (χ3n) is 5.73. The lowest BCUT2D eigenvalue weighted by Gasteiger charge is -2.27. The molecule has 0 aromatic heterocycles. The number of ether oxygens (including phenoxy) is 1. The summed E-state index contributed by atoms with van der Waals surface area (Å²) in [5.74, 6) is -0.0439. The third-order valence-corrected chi connectivity index (χ3v) is 7.82. The Morgan fingerprint density at radius 1 is 1.08 bits per heavy atom. The summed E-state index contributed by atoms with van der Waals surface area (Å²) >= 11 is 6.18. The molecule has 6 nitrogen and oxygen atoms in total. The highest BCUT2D eigenvalue weighted by Gasteiger charge is 2.34. The van der Waals surface area contributed by atoms with Crippen LogP contribution in [0.1, 0.15) is 36.1 Å². The summed E-state index contributed by atoms with van der Waals surface area (Å²) in [6.07, 6.45) is -4.27. The molecule has 1 atom stereocenters. The SMILES string of the molecule is CCC(NC(=O)CN(c1cc(C(F)(F)F)ccc1Cl)S(=O)(=O)c1ccccc1)c1ccc(OC)c(C)c1.